The van der Waals surface area contributed by atoms with Gasteiger partial charge >= 0.3 is 5.97 Å². The van der Waals surface area contributed by atoms with Gasteiger partial charge in [0.05, 0.1) is 6.54 Å². The summed E-state index contributed by atoms with van der Waals surface area (Å²) in [6.07, 6.45) is 0. The number of amides is 2. The van der Waals surface area contributed by atoms with Crippen LogP contribution in [0.5, 0.6) is 0 Å². The topological polar surface area (TPSA) is 80.9 Å². The summed E-state index contributed by atoms with van der Waals surface area (Å²) < 4.78 is 0. The highest BCUT2D eigenvalue weighted by atomic mass is 16.4. The zero-order valence-corrected chi connectivity index (χ0v) is 15.8. The van der Waals surface area contributed by atoms with Gasteiger partial charge in [-0.15, -0.1) is 0 Å². The van der Waals surface area contributed by atoms with Gasteiger partial charge in [0.15, 0.2) is 0 Å². The van der Waals surface area contributed by atoms with Crippen molar-refractivity contribution in [2.75, 3.05) is 27.2 Å². The van der Waals surface area contributed by atoms with Crippen molar-refractivity contribution >= 4 is 17.8 Å². The third-order valence-corrected chi connectivity index (χ3v) is 4.67. The Morgan fingerprint density at radius 2 is 1.81 bits per heavy atom. The monoisotopic (exact) mass is 361 g/mol. The number of benzene rings is 1. The van der Waals surface area contributed by atoms with Gasteiger partial charge in [-0.1, -0.05) is 44.2 Å². The van der Waals surface area contributed by atoms with E-state index in [2.05, 4.69) is 0 Å². The van der Waals surface area contributed by atoms with Crippen molar-refractivity contribution in [3.8, 4) is 0 Å². The van der Waals surface area contributed by atoms with Gasteiger partial charge in [0.2, 0.25) is 11.8 Å². The van der Waals surface area contributed by atoms with Crippen LogP contribution in [0.1, 0.15) is 19.4 Å². The molecule has 0 aromatic heterocycles. The zero-order chi connectivity index (χ0) is 19.4. The molecule has 3 atom stereocenters. The number of carbonyl (C=O) groups is 3. The van der Waals surface area contributed by atoms with Crippen molar-refractivity contribution in [3.63, 3.8) is 0 Å². The number of carboxylic acid groups (broad SMARTS) is 1. The lowest BCUT2D eigenvalue weighted by atomic mass is 10.0. The molecule has 0 bridgehead atoms. The number of rotatable bonds is 8. The molecule has 1 aliphatic rings. The largest absolute Gasteiger partial charge is 0.480 e. The van der Waals surface area contributed by atoms with Crippen molar-refractivity contribution in [1.82, 2.24) is 14.7 Å². The second-order valence-corrected chi connectivity index (χ2v) is 7.16. The van der Waals surface area contributed by atoms with Crippen molar-refractivity contribution in [2.45, 2.75) is 32.5 Å². The Labute approximate surface area is 154 Å². The summed E-state index contributed by atoms with van der Waals surface area (Å²) in [5.41, 5.74) is 1.14. The third-order valence-electron chi connectivity index (χ3n) is 4.67. The maximum absolute atomic E-state index is 12.5. The van der Waals surface area contributed by atoms with Crippen LogP contribution in [0.25, 0.3) is 0 Å². The maximum atomic E-state index is 12.5. The first-order chi connectivity index (χ1) is 12.2. The van der Waals surface area contributed by atoms with Crippen LogP contribution in [-0.4, -0.2) is 76.9 Å². The molecule has 1 saturated heterocycles. The SMILES string of the molecule is CC(C)[C@@H](C(=O)O)N(C)C(=O)CN(C)C(=O)C1CN1Cc1ccccc1. The molecule has 2 unspecified atom stereocenters. The molecule has 1 fully saturated rings. The molecule has 0 saturated carbocycles. The molecule has 1 aromatic carbocycles. The molecule has 0 aliphatic carbocycles. The van der Waals surface area contributed by atoms with Gasteiger partial charge < -0.3 is 14.9 Å². The number of aliphatic carboxylic acids is 1. The van der Waals surface area contributed by atoms with E-state index in [1.54, 1.807) is 20.9 Å². The molecule has 2 amide bonds. The van der Waals surface area contributed by atoms with E-state index in [1.807, 2.05) is 35.2 Å². The van der Waals surface area contributed by atoms with Crippen molar-refractivity contribution in [3.05, 3.63) is 35.9 Å². The summed E-state index contributed by atoms with van der Waals surface area (Å²) in [5.74, 6) is -1.75. The number of likely N-dealkylation sites (N-methyl/N-ethyl adjacent to an activating group) is 2. The standard InChI is InChI=1S/C19H27N3O4/c1-13(2)17(19(25)26)21(4)16(23)12-20(3)18(24)15-11-22(15)10-14-8-6-5-7-9-14/h5-9,13,15,17H,10-12H2,1-4H3,(H,25,26)/t15?,17-,22?/m0/s1. The Bertz CT molecular complexity index is 662. The Balaban J connectivity index is 1.87. The van der Waals surface area contributed by atoms with Crippen molar-refractivity contribution in [2.24, 2.45) is 5.92 Å². The Hall–Kier alpha value is -2.41. The highest BCUT2D eigenvalue weighted by Gasteiger charge is 2.42. The van der Waals surface area contributed by atoms with E-state index >= 15 is 0 Å². The van der Waals surface area contributed by atoms with Crippen molar-refractivity contribution < 1.29 is 19.5 Å². The average molecular weight is 361 g/mol. The van der Waals surface area contributed by atoms with Crippen LogP contribution in [0.3, 0.4) is 0 Å². The Morgan fingerprint density at radius 3 is 2.35 bits per heavy atom. The normalized spacial score (nSPS) is 19.7. The molecule has 7 heteroatoms. The summed E-state index contributed by atoms with van der Waals surface area (Å²) in [5, 5.41) is 9.30. The van der Waals surface area contributed by atoms with Crippen LogP contribution < -0.4 is 0 Å². The quantitative estimate of drug-likeness (QED) is 0.696. The summed E-state index contributed by atoms with van der Waals surface area (Å²) in [6.45, 7) is 4.76. The van der Waals surface area contributed by atoms with Gasteiger partial charge in [-0.2, -0.15) is 0 Å². The minimum atomic E-state index is -1.04. The summed E-state index contributed by atoms with van der Waals surface area (Å²) in [4.78, 5) is 40.9. The number of hydrogen-bond acceptors (Lipinski definition) is 4. The lowest BCUT2D eigenvalue weighted by molar-refractivity contribution is -0.152. The average Bonchev–Trinajstić information content (AvgIpc) is 3.33. The smallest absolute Gasteiger partial charge is 0.326 e. The van der Waals surface area contributed by atoms with Gasteiger partial charge in [-0.05, 0) is 11.5 Å². The predicted molar refractivity (Wildman–Crippen MR) is 97.3 cm³/mol. The fourth-order valence-corrected chi connectivity index (χ4v) is 3.10. The van der Waals surface area contributed by atoms with E-state index in [0.29, 0.717) is 13.1 Å². The van der Waals surface area contributed by atoms with E-state index in [1.165, 1.54) is 16.8 Å². The number of carbonyl (C=O) groups excluding carboxylic acids is 2. The molecule has 1 aliphatic heterocycles. The van der Waals surface area contributed by atoms with Gasteiger partial charge in [-0.25, -0.2) is 4.79 Å². The second-order valence-electron chi connectivity index (χ2n) is 7.16. The lowest BCUT2D eigenvalue weighted by Gasteiger charge is -2.29. The van der Waals surface area contributed by atoms with Gasteiger partial charge in [0.25, 0.3) is 0 Å². The van der Waals surface area contributed by atoms with E-state index in [-0.39, 0.29) is 30.3 Å². The third kappa shape index (κ3) is 4.82. The summed E-state index contributed by atoms with van der Waals surface area (Å²) >= 11 is 0. The van der Waals surface area contributed by atoms with E-state index in [9.17, 15) is 19.5 Å². The minimum Gasteiger partial charge on any atom is -0.480 e. The molecule has 7 nitrogen and oxygen atoms in total. The number of hydrogen-bond donors (Lipinski definition) is 1. The summed E-state index contributed by atoms with van der Waals surface area (Å²) in [7, 11) is 3.05. The molecule has 1 aromatic rings. The molecule has 0 spiro atoms. The molecule has 1 N–H and O–H groups in total. The highest BCUT2D eigenvalue weighted by Crippen LogP contribution is 2.22. The van der Waals surface area contributed by atoms with Crippen LogP contribution in [0, 0.1) is 5.92 Å². The van der Waals surface area contributed by atoms with Crippen LogP contribution in [-0.2, 0) is 20.9 Å². The Kier molecular flexibility index (Phi) is 6.37. The molecule has 0 radical (unpaired) electrons. The minimum absolute atomic E-state index is 0.112. The van der Waals surface area contributed by atoms with Crippen LogP contribution >= 0.6 is 0 Å². The lowest BCUT2D eigenvalue weighted by Crippen LogP contribution is -2.49. The molecular formula is C19H27N3O4. The molecule has 1 heterocycles. The second kappa shape index (κ2) is 8.31. The van der Waals surface area contributed by atoms with Crippen LogP contribution in [0.4, 0.5) is 0 Å². The van der Waals surface area contributed by atoms with Crippen LogP contribution in [0.2, 0.25) is 0 Å². The fourth-order valence-electron chi connectivity index (χ4n) is 3.10. The van der Waals surface area contributed by atoms with Crippen LogP contribution in [0.15, 0.2) is 30.3 Å². The van der Waals surface area contributed by atoms with Gasteiger partial charge in [-0.3, -0.25) is 14.5 Å². The van der Waals surface area contributed by atoms with Crippen molar-refractivity contribution in [1.29, 1.82) is 0 Å². The first-order valence-electron chi connectivity index (χ1n) is 8.73. The highest BCUT2D eigenvalue weighted by molar-refractivity contribution is 5.90. The zero-order valence-electron chi connectivity index (χ0n) is 15.8. The molecular weight excluding hydrogens is 334 g/mol. The van der Waals surface area contributed by atoms with E-state index < -0.39 is 12.0 Å². The molecule has 2 rings (SSSR count). The van der Waals surface area contributed by atoms with E-state index in [4.69, 9.17) is 0 Å². The Morgan fingerprint density at radius 1 is 1.19 bits per heavy atom. The fraction of sp³-hybridized carbons (Fsp3) is 0.526. The number of nitrogens with zero attached hydrogens (tertiary/aromatic N) is 3. The predicted octanol–water partition coefficient (Wildman–Crippen LogP) is 0.897. The van der Waals surface area contributed by atoms with Gasteiger partial charge in [0, 0.05) is 27.2 Å². The summed E-state index contributed by atoms with van der Waals surface area (Å²) in [6, 6.07) is 8.79. The van der Waals surface area contributed by atoms with E-state index in [0.717, 1.165) is 5.56 Å². The number of carboxylic acids is 1. The first-order valence-corrected chi connectivity index (χ1v) is 8.73. The maximum Gasteiger partial charge on any atom is 0.326 e. The molecule has 26 heavy (non-hydrogen) atoms. The first kappa shape index (κ1) is 19.9. The van der Waals surface area contributed by atoms with Gasteiger partial charge in [0.1, 0.15) is 12.1 Å². The molecule has 142 valence electrons.